The Bertz CT molecular complexity index is 622. The lowest BCUT2D eigenvalue weighted by Gasteiger charge is -2.16. The van der Waals surface area contributed by atoms with Gasteiger partial charge in [0, 0.05) is 13.1 Å². The molecule has 0 aromatic heterocycles. The molecule has 0 spiro atoms. The van der Waals surface area contributed by atoms with E-state index in [1.807, 2.05) is 6.08 Å². The first-order valence-corrected chi connectivity index (χ1v) is 8.70. The summed E-state index contributed by atoms with van der Waals surface area (Å²) < 4.78 is 27.1. The van der Waals surface area contributed by atoms with Crippen molar-refractivity contribution in [1.29, 1.82) is 0 Å². The van der Waals surface area contributed by atoms with Crippen LogP contribution in [-0.2, 0) is 14.9 Å². The number of rotatable bonds is 3. The van der Waals surface area contributed by atoms with Gasteiger partial charge >= 0.3 is 0 Å². The number of hydrogen-bond acceptors (Lipinski definition) is 4. The van der Waals surface area contributed by atoms with Gasteiger partial charge in [-0.05, 0) is 52.5 Å². The van der Waals surface area contributed by atoms with E-state index in [9.17, 15) is 8.42 Å². The summed E-state index contributed by atoms with van der Waals surface area (Å²) in [5, 5.41) is 0. The second-order valence-electron chi connectivity index (χ2n) is 4.84. The first kappa shape index (κ1) is 14.1. The Hall–Kier alpha value is -0.890. The van der Waals surface area contributed by atoms with Crippen LogP contribution in [0.4, 0.5) is 0 Å². The molecule has 0 aliphatic carbocycles. The molecule has 1 saturated heterocycles. The summed E-state index contributed by atoms with van der Waals surface area (Å²) in [5.74, 6) is 0. The zero-order chi connectivity index (χ0) is 14.2. The lowest BCUT2D eigenvalue weighted by atomic mass is 10.1. The van der Waals surface area contributed by atoms with E-state index in [2.05, 4.69) is 21.4 Å². The summed E-state index contributed by atoms with van der Waals surface area (Å²) in [7, 11) is -3.34. The van der Waals surface area contributed by atoms with Crippen LogP contribution in [0.1, 0.15) is 24.5 Å². The normalized spacial score (nSPS) is 23.6. The molecule has 0 bridgehead atoms. The molecule has 2 aliphatic rings. The Kier molecular flexibility index (Phi) is 3.85. The van der Waals surface area contributed by atoms with Crippen LogP contribution < -0.4 is 5.48 Å². The number of halogens is 1. The molecule has 2 heterocycles. The maximum Gasteiger partial charge on any atom is 0.243 e. The van der Waals surface area contributed by atoms with Crippen LogP contribution in [0.15, 0.2) is 39.8 Å². The average molecular weight is 359 g/mol. The van der Waals surface area contributed by atoms with Crippen molar-refractivity contribution in [3.05, 3.63) is 40.5 Å². The van der Waals surface area contributed by atoms with Crippen molar-refractivity contribution in [2.24, 2.45) is 0 Å². The Morgan fingerprint density at radius 2 is 1.85 bits per heavy atom. The molecule has 1 aromatic carbocycles. The molecule has 0 radical (unpaired) electrons. The zero-order valence-electron chi connectivity index (χ0n) is 10.8. The van der Waals surface area contributed by atoms with Gasteiger partial charge in [-0.2, -0.15) is 4.31 Å². The van der Waals surface area contributed by atoms with Crippen molar-refractivity contribution >= 4 is 26.0 Å². The molecule has 0 saturated carbocycles. The second-order valence-corrected chi connectivity index (χ2v) is 7.63. The molecule has 7 heteroatoms. The van der Waals surface area contributed by atoms with Crippen LogP contribution in [0, 0.1) is 0 Å². The van der Waals surface area contributed by atoms with E-state index in [0.717, 1.165) is 23.0 Å². The van der Waals surface area contributed by atoms with E-state index in [4.69, 9.17) is 4.84 Å². The SMILES string of the molecule is O=S(=O)(c1ccc([C@@H]2C=C(Br)NO2)cc1)N1CCCC1. The third-order valence-electron chi connectivity index (χ3n) is 3.49. The van der Waals surface area contributed by atoms with Gasteiger partial charge < -0.3 is 0 Å². The van der Waals surface area contributed by atoms with Gasteiger partial charge in [-0.1, -0.05) is 12.1 Å². The fourth-order valence-electron chi connectivity index (χ4n) is 2.39. The molecule has 1 atom stereocenters. The number of benzene rings is 1. The third-order valence-corrected chi connectivity index (χ3v) is 5.83. The smallest absolute Gasteiger partial charge is 0.243 e. The van der Waals surface area contributed by atoms with Gasteiger partial charge in [0.05, 0.1) is 4.90 Å². The van der Waals surface area contributed by atoms with Gasteiger partial charge in [0.25, 0.3) is 0 Å². The molecule has 5 nitrogen and oxygen atoms in total. The van der Waals surface area contributed by atoms with Crippen molar-refractivity contribution in [1.82, 2.24) is 9.79 Å². The highest BCUT2D eigenvalue weighted by atomic mass is 79.9. The molecule has 2 aliphatic heterocycles. The minimum atomic E-state index is -3.34. The monoisotopic (exact) mass is 358 g/mol. The lowest BCUT2D eigenvalue weighted by molar-refractivity contribution is 0.0457. The second kappa shape index (κ2) is 5.48. The highest BCUT2D eigenvalue weighted by Gasteiger charge is 2.27. The topological polar surface area (TPSA) is 58.6 Å². The molecule has 0 amide bonds. The molecular formula is C13H15BrN2O3S. The minimum Gasteiger partial charge on any atom is -0.263 e. The number of nitrogens with one attached hydrogen (secondary N) is 1. The highest BCUT2D eigenvalue weighted by molar-refractivity contribution is 9.11. The van der Waals surface area contributed by atoms with Crippen LogP contribution in [-0.4, -0.2) is 25.8 Å². The van der Waals surface area contributed by atoms with Crippen LogP contribution in [0.25, 0.3) is 0 Å². The summed E-state index contributed by atoms with van der Waals surface area (Å²) in [5.41, 5.74) is 3.62. The van der Waals surface area contributed by atoms with Gasteiger partial charge in [0.15, 0.2) is 0 Å². The molecule has 20 heavy (non-hydrogen) atoms. The first-order valence-electron chi connectivity index (χ1n) is 6.46. The minimum absolute atomic E-state index is 0.201. The van der Waals surface area contributed by atoms with Gasteiger partial charge in [-0.15, -0.1) is 0 Å². The predicted octanol–water partition coefficient (Wildman–Crippen LogP) is 2.28. The molecule has 1 fully saturated rings. The number of hydroxylamine groups is 1. The maximum atomic E-state index is 12.4. The molecular weight excluding hydrogens is 344 g/mol. The van der Waals surface area contributed by atoms with Crippen molar-refractivity contribution in [2.45, 2.75) is 23.8 Å². The molecule has 1 aromatic rings. The van der Waals surface area contributed by atoms with E-state index in [1.54, 1.807) is 28.6 Å². The highest BCUT2D eigenvalue weighted by Crippen LogP contribution is 2.28. The summed E-state index contributed by atoms with van der Waals surface area (Å²) >= 11 is 3.29. The Labute approximate surface area is 126 Å². The third kappa shape index (κ3) is 2.63. The molecule has 0 unspecified atom stereocenters. The number of hydrogen-bond donors (Lipinski definition) is 1. The van der Waals surface area contributed by atoms with E-state index >= 15 is 0 Å². The molecule has 1 N–H and O–H groups in total. The predicted molar refractivity (Wildman–Crippen MR) is 78.4 cm³/mol. The summed E-state index contributed by atoms with van der Waals surface area (Å²) in [6.45, 7) is 1.24. The van der Waals surface area contributed by atoms with Gasteiger partial charge in [-0.3, -0.25) is 10.3 Å². The Morgan fingerprint density at radius 1 is 1.20 bits per heavy atom. The van der Waals surface area contributed by atoms with E-state index in [0.29, 0.717) is 18.0 Å². The first-order chi connectivity index (χ1) is 9.57. The Balaban J connectivity index is 1.82. The van der Waals surface area contributed by atoms with Crippen LogP contribution in [0.2, 0.25) is 0 Å². The fourth-order valence-corrected chi connectivity index (χ4v) is 4.24. The maximum absolute atomic E-state index is 12.4. The van der Waals surface area contributed by atoms with Crippen molar-refractivity contribution in [3.8, 4) is 0 Å². The van der Waals surface area contributed by atoms with E-state index < -0.39 is 10.0 Å². The standard InChI is InChI=1S/C13H15BrN2O3S/c14-13-9-12(19-15-13)10-3-5-11(6-4-10)20(17,18)16-7-1-2-8-16/h3-6,9,12,15H,1-2,7-8H2/t12-/m0/s1. The van der Waals surface area contributed by atoms with Crippen molar-refractivity contribution in [3.63, 3.8) is 0 Å². The Morgan fingerprint density at radius 3 is 2.40 bits per heavy atom. The van der Waals surface area contributed by atoms with Gasteiger partial charge in [0.2, 0.25) is 10.0 Å². The van der Waals surface area contributed by atoms with Crippen LogP contribution >= 0.6 is 15.9 Å². The summed E-state index contributed by atoms with van der Waals surface area (Å²) in [6, 6.07) is 6.87. The van der Waals surface area contributed by atoms with Crippen LogP contribution in [0.3, 0.4) is 0 Å². The van der Waals surface area contributed by atoms with Gasteiger partial charge in [-0.25, -0.2) is 8.42 Å². The summed E-state index contributed by atoms with van der Waals surface area (Å²) in [4.78, 5) is 5.67. The molecule has 3 rings (SSSR count). The quantitative estimate of drug-likeness (QED) is 0.842. The van der Waals surface area contributed by atoms with Crippen LogP contribution in [0.5, 0.6) is 0 Å². The largest absolute Gasteiger partial charge is 0.263 e. The van der Waals surface area contributed by atoms with E-state index in [1.165, 1.54) is 0 Å². The lowest BCUT2D eigenvalue weighted by Crippen LogP contribution is -2.27. The van der Waals surface area contributed by atoms with E-state index in [-0.39, 0.29) is 6.10 Å². The molecule has 108 valence electrons. The fraction of sp³-hybridized carbons (Fsp3) is 0.385. The van der Waals surface area contributed by atoms with Gasteiger partial charge in [0.1, 0.15) is 10.7 Å². The van der Waals surface area contributed by atoms with Crippen molar-refractivity contribution < 1.29 is 13.3 Å². The average Bonchev–Trinajstić information content (AvgIpc) is 3.10. The van der Waals surface area contributed by atoms with Crippen molar-refractivity contribution in [2.75, 3.05) is 13.1 Å². The zero-order valence-corrected chi connectivity index (χ0v) is 13.2. The summed E-state index contributed by atoms with van der Waals surface area (Å²) in [6.07, 6.45) is 3.56. The number of sulfonamides is 1. The number of nitrogens with zero attached hydrogens (tertiary/aromatic N) is 1.